The van der Waals surface area contributed by atoms with Gasteiger partial charge >= 0.3 is 0 Å². The van der Waals surface area contributed by atoms with Crippen LogP contribution >= 0.6 is 0 Å². The second-order valence-electron chi connectivity index (χ2n) is 18.8. The normalized spacial score (nSPS) is 14.6. The lowest BCUT2D eigenvalue weighted by Gasteiger charge is -2.35. The van der Waals surface area contributed by atoms with Gasteiger partial charge in [0.15, 0.2) is 0 Å². The average molecular weight is 854 g/mol. The van der Waals surface area contributed by atoms with Crippen molar-refractivity contribution in [1.82, 2.24) is 0 Å². The Bertz CT molecular complexity index is 3700. The maximum Gasteiger partial charge on any atom is 0.0732 e. The summed E-state index contributed by atoms with van der Waals surface area (Å²) >= 11 is 0. The van der Waals surface area contributed by atoms with Crippen molar-refractivity contribution in [1.29, 1.82) is 0 Å². The summed E-state index contributed by atoms with van der Waals surface area (Å²) < 4.78 is 0. The van der Waals surface area contributed by atoms with E-state index in [1.165, 1.54) is 105 Å². The van der Waals surface area contributed by atoms with Crippen LogP contribution in [0.25, 0.3) is 66.1 Å². The van der Waals surface area contributed by atoms with Gasteiger partial charge in [-0.15, -0.1) is 0 Å². The molecule has 0 aliphatic heterocycles. The van der Waals surface area contributed by atoms with Crippen LogP contribution in [-0.4, -0.2) is 0 Å². The first-order chi connectivity index (χ1) is 32.9. The summed E-state index contributed by atoms with van der Waals surface area (Å²) in [6, 6.07) is 81.7. The van der Waals surface area contributed by atoms with Gasteiger partial charge in [0.25, 0.3) is 0 Å². The van der Waals surface area contributed by atoms with Gasteiger partial charge in [-0.25, -0.2) is 0 Å². The van der Waals surface area contributed by atoms with Gasteiger partial charge in [0, 0.05) is 22.5 Å². The molecule has 0 saturated carbocycles. The summed E-state index contributed by atoms with van der Waals surface area (Å²) in [6.45, 7) is 8.95. The molecule has 0 aromatic heterocycles. The smallest absolute Gasteiger partial charge is 0.0732 e. The van der Waals surface area contributed by atoms with Gasteiger partial charge in [0.05, 0.1) is 5.41 Å². The molecular formula is C66H47N. The van der Waals surface area contributed by atoms with Crippen LogP contribution in [-0.2, 0) is 10.8 Å². The minimum atomic E-state index is -0.615. The largest absolute Gasteiger partial charge is 0.310 e. The van der Waals surface area contributed by atoms with Crippen molar-refractivity contribution in [3.8, 4) is 33.4 Å². The summed E-state index contributed by atoms with van der Waals surface area (Å²) in [4.78, 5) is 2.50. The Morgan fingerprint density at radius 2 is 0.925 bits per heavy atom. The zero-order valence-corrected chi connectivity index (χ0v) is 37.7. The van der Waals surface area contributed by atoms with E-state index in [2.05, 4.69) is 256 Å². The summed E-state index contributed by atoms with van der Waals surface area (Å²) in [5.74, 6) is 0. The molecule has 1 heteroatoms. The topological polar surface area (TPSA) is 3.24 Å². The summed E-state index contributed by atoms with van der Waals surface area (Å²) in [6.07, 6.45) is 6.31. The van der Waals surface area contributed by atoms with Gasteiger partial charge in [-0.05, 0) is 147 Å². The second-order valence-corrected chi connectivity index (χ2v) is 18.8. The molecule has 0 saturated heterocycles. The van der Waals surface area contributed by atoms with E-state index < -0.39 is 5.41 Å². The predicted octanol–water partition coefficient (Wildman–Crippen LogP) is 17.4. The molecule has 1 spiro atoms. The van der Waals surface area contributed by atoms with Crippen LogP contribution in [0.4, 0.5) is 17.1 Å². The molecule has 0 bridgehead atoms. The van der Waals surface area contributed by atoms with Crippen LogP contribution in [0.3, 0.4) is 0 Å². The van der Waals surface area contributed by atoms with Gasteiger partial charge in [-0.1, -0.05) is 215 Å². The predicted molar refractivity (Wildman–Crippen MR) is 283 cm³/mol. The maximum atomic E-state index is 4.16. The Morgan fingerprint density at radius 3 is 1.67 bits per heavy atom. The highest BCUT2D eigenvalue weighted by Crippen LogP contribution is 2.66. The number of hydrogen-bond acceptors (Lipinski definition) is 1. The number of fused-ring (bicyclic) bond motifs is 12. The fraction of sp³-hybridized carbons (Fsp3) is 0.0606. The molecular weight excluding hydrogens is 807 g/mol. The fourth-order valence-electron chi connectivity index (χ4n) is 12.0. The van der Waals surface area contributed by atoms with Crippen LogP contribution in [0.1, 0.15) is 52.8 Å². The molecule has 0 amide bonds. The van der Waals surface area contributed by atoms with Crippen molar-refractivity contribution in [3.63, 3.8) is 0 Å². The average Bonchev–Trinajstić information content (AvgIpc) is 3.93. The van der Waals surface area contributed by atoms with Gasteiger partial charge in [-0.3, -0.25) is 0 Å². The molecule has 0 radical (unpaired) electrons. The first-order valence-electron chi connectivity index (χ1n) is 23.5. The molecule has 316 valence electrons. The van der Waals surface area contributed by atoms with Crippen LogP contribution in [0.15, 0.2) is 243 Å². The maximum absolute atomic E-state index is 4.16. The number of allylic oxidation sites excluding steroid dienone is 5. The third-order valence-corrected chi connectivity index (χ3v) is 15.0. The Morgan fingerprint density at radius 1 is 0.388 bits per heavy atom. The van der Waals surface area contributed by atoms with Crippen LogP contribution < -0.4 is 4.90 Å². The summed E-state index contributed by atoms with van der Waals surface area (Å²) in [5, 5.41) is 4.90. The lowest BCUT2D eigenvalue weighted by atomic mass is 9.67. The summed E-state index contributed by atoms with van der Waals surface area (Å²) in [7, 11) is 0. The molecule has 0 N–H and O–H groups in total. The van der Waals surface area contributed by atoms with Crippen molar-refractivity contribution in [2.75, 3.05) is 4.90 Å². The highest BCUT2D eigenvalue weighted by molar-refractivity contribution is 6.16. The van der Waals surface area contributed by atoms with Gasteiger partial charge in [-0.2, -0.15) is 0 Å². The molecule has 0 unspecified atom stereocenters. The Kier molecular flexibility index (Phi) is 8.70. The van der Waals surface area contributed by atoms with Crippen molar-refractivity contribution in [2.45, 2.75) is 24.7 Å². The van der Waals surface area contributed by atoms with Crippen molar-refractivity contribution in [3.05, 3.63) is 282 Å². The van der Waals surface area contributed by atoms with Crippen LogP contribution in [0.2, 0.25) is 0 Å². The molecule has 1 nitrogen and oxygen atoms in total. The standard InChI is InChI=1S/C66H47N/c1-4-5-24-58-56-38-35-50(42-63(56)66(64(58)57-28-17-23-45-21-11-12-25-51(45)57)59-29-15-13-26-52(59)53-27-14-16-30-60(53)66)67(48-33-31-44-20-9-10-22-46(44)39-48)49-34-37-55-54-36-32-47(43-18-7-6-8-19-43)40-61(54)65(2,3)62(55)41-49/h4-42H,1H2,2-3H3/b24-5-. The number of hydrogen-bond donors (Lipinski definition) is 0. The number of benzene rings is 10. The second kappa shape index (κ2) is 14.9. The van der Waals surface area contributed by atoms with E-state index in [-0.39, 0.29) is 5.41 Å². The zero-order chi connectivity index (χ0) is 44.9. The van der Waals surface area contributed by atoms with Crippen molar-refractivity contribution < 1.29 is 0 Å². The molecule has 67 heavy (non-hydrogen) atoms. The Labute approximate surface area is 393 Å². The third kappa shape index (κ3) is 5.68. The fourth-order valence-corrected chi connectivity index (χ4v) is 12.0. The van der Waals surface area contributed by atoms with E-state index in [4.69, 9.17) is 0 Å². The minimum Gasteiger partial charge on any atom is -0.310 e. The first kappa shape index (κ1) is 39.1. The molecule has 10 aromatic carbocycles. The van der Waals surface area contributed by atoms with Gasteiger partial charge in [0.2, 0.25) is 0 Å². The van der Waals surface area contributed by atoms with Crippen molar-refractivity contribution >= 4 is 49.8 Å². The number of rotatable bonds is 7. The zero-order valence-electron chi connectivity index (χ0n) is 37.7. The van der Waals surface area contributed by atoms with Crippen LogP contribution in [0.5, 0.6) is 0 Å². The number of nitrogens with zero attached hydrogens (tertiary/aromatic N) is 1. The van der Waals surface area contributed by atoms with E-state index in [0.717, 1.165) is 17.1 Å². The lowest BCUT2D eigenvalue weighted by molar-refractivity contribution is 0.660. The monoisotopic (exact) mass is 853 g/mol. The van der Waals surface area contributed by atoms with Gasteiger partial charge < -0.3 is 4.90 Å². The molecule has 3 aliphatic carbocycles. The van der Waals surface area contributed by atoms with E-state index in [1.54, 1.807) is 0 Å². The molecule has 13 rings (SSSR count). The van der Waals surface area contributed by atoms with Crippen LogP contribution in [0, 0.1) is 0 Å². The SMILES string of the molecule is C=C/C=C\C1=C(c2cccc3ccccc23)C2(c3cc(N(c4ccc5c(c4)C(C)(C)c4cc(-c6ccccc6)ccc4-5)c4ccc5ccccc5c4)ccc31)c1ccccc1-c1ccccc12. The number of anilines is 3. The first-order valence-corrected chi connectivity index (χ1v) is 23.5. The molecule has 10 aromatic rings. The molecule has 0 atom stereocenters. The summed E-state index contributed by atoms with van der Waals surface area (Å²) in [5.41, 5.74) is 21.8. The van der Waals surface area contributed by atoms with E-state index in [9.17, 15) is 0 Å². The van der Waals surface area contributed by atoms with Crippen molar-refractivity contribution in [2.24, 2.45) is 0 Å². The van der Waals surface area contributed by atoms with Gasteiger partial charge in [0.1, 0.15) is 0 Å². The molecule has 0 fully saturated rings. The van der Waals surface area contributed by atoms with E-state index in [0.29, 0.717) is 0 Å². The lowest BCUT2D eigenvalue weighted by Crippen LogP contribution is -2.27. The minimum absolute atomic E-state index is 0.219. The molecule has 0 heterocycles. The quantitative estimate of drug-likeness (QED) is 0.144. The highest BCUT2D eigenvalue weighted by atomic mass is 15.1. The van der Waals surface area contributed by atoms with E-state index >= 15 is 0 Å². The Hall–Kier alpha value is -8.26. The Balaban J connectivity index is 1.07. The third-order valence-electron chi connectivity index (χ3n) is 15.0. The molecule has 3 aliphatic rings. The van der Waals surface area contributed by atoms with E-state index in [1.807, 2.05) is 6.08 Å². The highest BCUT2D eigenvalue weighted by Gasteiger charge is 2.53.